The molecule has 1 atom stereocenters. The van der Waals surface area contributed by atoms with E-state index in [0.29, 0.717) is 19.6 Å². The molecule has 6 heteroatoms. The van der Waals surface area contributed by atoms with Crippen molar-refractivity contribution in [2.75, 3.05) is 13.2 Å². The molecule has 1 rings (SSSR count). The van der Waals surface area contributed by atoms with Crippen LogP contribution in [0.2, 0.25) is 0 Å². The number of rotatable bonds is 4. The third-order valence-corrected chi connectivity index (χ3v) is 3.13. The van der Waals surface area contributed by atoms with Gasteiger partial charge in [-0.2, -0.15) is 0 Å². The second kappa shape index (κ2) is 5.86. The minimum absolute atomic E-state index is 0.0682. The van der Waals surface area contributed by atoms with Gasteiger partial charge in [-0.3, -0.25) is 0 Å². The number of amides is 2. The molecule has 0 aromatic rings. The molecular weight excluding hydrogens is 224 g/mol. The number of urea groups is 1. The van der Waals surface area contributed by atoms with Crippen LogP contribution < -0.4 is 10.6 Å². The van der Waals surface area contributed by atoms with Crippen LogP contribution in [0.5, 0.6) is 0 Å². The van der Waals surface area contributed by atoms with E-state index in [1.165, 1.54) is 6.92 Å². The summed E-state index contributed by atoms with van der Waals surface area (Å²) >= 11 is 0. The maximum atomic E-state index is 11.7. The summed E-state index contributed by atoms with van der Waals surface area (Å²) < 4.78 is 5.18. The molecule has 17 heavy (non-hydrogen) atoms. The predicted molar refractivity (Wildman–Crippen MR) is 61.8 cm³/mol. The summed E-state index contributed by atoms with van der Waals surface area (Å²) in [5.74, 6) is -1.03. The van der Waals surface area contributed by atoms with Crippen molar-refractivity contribution in [2.45, 2.75) is 44.7 Å². The van der Waals surface area contributed by atoms with Crippen molar-refractivity contribution >= 4 is 12.0 Å². The van der Waals surface area contributed by atoms with Gasteiger partial charge in [0.2, 0.25) is 0 Å². The van der Waals surface area contributed by atoms with E-state index >= 15 is 0 Å². The lowest BCUT2D eigenvalue weighted by Crippen LogP contribution is -2.56. The van der Waals surface area contributed by atoms with E-state index < -0.39 is 17.5 Å². The Bertz CT molecular complexity index is 289. The molecule has 0 aromatic heterocycles. The number of carbonyl (C=O) groups is 2. The molecule has 0 aliphatic carbocycles. The van der Waals surface area contributed by atoms with Crippen LogP contribution in [0.1, 0.15) is 33.1 Å². The Morgan fingerprint density at radius 3 is 2.47 bits per heavy atom. The molecule has 0 aromatic carbocycles. The van der Waals surface area contributed by atoms with Gasteiger partial charge in [-0.1, -0.05) is 6.92 Å². The van der Waals surface area contributed by atoms with Crippen molar-refractivity contribution in [1.29, 1.82) is 0 Å². The number of aliphatic carboxylic acids is 1. The highest BCUT2D eigenvalue weighted by molar-refractivity contribution is 5.85. The molecular formula is C11H20N2O4. The highest BCUT2D eigenvalue weighted by Gasteiger charge is 2.33. The SMILES string of the molecule is CCC(C)(NC(=O)NC1CCOCC1)C(=O)O. The van der Waals surface area contributed by atoms with Crippen LogP contribution in [0, 0.1) is 0 Å². The fourth-order valence-corrected chi connectivity index (χ4v) is 1.61. The van der Waals surface area contributed by atoms with Gasteiger partial charge >= 0.3 is 12.0 Å². The highest BCUT2D eigenvalue weighted by atomic mass is 16.5. The monoisotopic (exact) mass is 244 g/mol. The minimum Gasteiger partial charge on any atom is -0.480 e. The fourth-order valence-electron chi connectivity index (χ4n) is 1.61. The molecule has 1 aliphatic rings. The quantitative estimate of drug-likeness (QED) is 0.680. The fraction of sp³-hybridized carbons (Fsp3) is 0.818. The molecule has 0 spiro atoms. The average Bonchev–Trinajstić information content (AvgIpc) is 2.29. The van der Waals surface area contributed by atoms with E-state index in [9.17, 15) is 9.59 Å². The number of hydrogen-bond acceptors (Lipinski definition) is 3. The molecule has 1 saturated heterocycles. The van der Waals surface area contributed by atoms with E-state index in [4.69, 9.17) is 9.84 Å². The smallest absolute Gasteiger partial charge is 0.329 e. The lowest BCUT2D eigenvalue weighted by molar-refractivity contribution is -0.143. The normalized spacial score (nSPS) is 20.4. The minimum atomic E-state index is -1.21. The Morgan fingerprint density at radius 1 is 1.41 bits per heavy atom. The molecule has 1 unspecified atom stereocenters. The Kier molecular flexibility index (Phi) is 4.74. The topological polar surface area (TPSA) is 87.7 Å². The van der Waals surface area contributed by atoms with Gasteiger partial charge < -0.3 is 20.5 Å². The lowest BCUT2D eigenvalue weighted by Gasteiger charge is -2.28. The molecule has 6 nitrogen and oxygen atoms in total. The second-order valence-corrected chi connectivity index (χ2v) is 4.48. The molecule has 2 amide bonds. The van der Waals surface area contributed by atoms with Crippen LogP contribution in [0.4, 0.5) is 4.79 Å². The van der Waals surface area contributed by atoms with E-state index in [0.717, 1.165) is 12.8 Å². The summed E-state index contributed by atoms with van der Waals surface area (Å²) in [6, 6.07) is -0.359. The van der Waals surface area contributed by atoms with E-state index in [2.05, 4.69) is 10.6 Å². The first-order valence-corrected chi connectivity index (χ1v) is 5.88. The summed E-state index contributed by atoms with van der Waals surface area (Å²) in [4.78, 5) is 22.7. The van der Waals surface area contributed by atoms with E-state index in [-0.39, 0.29) is 6.04 Å². The van der Waals surface area contributed by atoms with Gasteiger partial charge in [0.15, 0.2) is 0 Å². The summed E-state index contributed by atoms with van der Waals surface area (Å²) in [6.45, 7) is 4.49. The maximum absolute atomic E-state index is 11.7. The van der Waals surface area contributed by atoms with Gasteiger partial charge in [0.05, 0.1) is 0 Å². The Hall–Kier alpha value is -1.30. The maximum Gasteiger partial charge on any atom is 0.329 e. The van der Waals surface area contributed by atoms with Crippen LogP contribution >= 0.6 is 0 Å². The molecule has 1 aliphatic heterocycles. The van der Waals surface area contributed by atoms with Gasteiger partial charge in [0, 0.05) is 19.3 Å². The first-order chi connectivity index (χ1) is 7.98. The predicted octanol–water partition coefficient (Wildman–Crippen LogP) is 0.718. The van der Waals surface area contributed by atoms with Gasteiger partial charge in [-0.15, -0.1) is 0 Å². The average molecular weight is 244 g/mol. The highest BCUT2D eigenvalue weighted by Crippen LogP contribution is 2.10. The molecule has 1 heterocycles. The van der Waals surface area contributed by atoms with Crippen molar-refractivity contribution in [3.63, 3.8) is 0 Å². The molecule has 3 N–H and O–H groups in total. The number of hydrogen-bond donors (Lipinski definition) is 3. The summed E-state index contributed by atoms with van der Waals surface area (Å²) in [6.07, 6.45) is 1.87. The number of carbonyl (C=O) groups excluding carboxylic acids is 1. The van der Waals surface area contributed by atoms with Crippen LogP contribution in [0.3, 0.4) is 0 Å². The van der Waals surface area contributed by atoms with Crippen LogP contribution in [0.25, 0.3) is 0 Å². The number of nitrogens with one attached hydrogen (secondary N) is 2. The zero-order valence-electron chi connectivity index (χ0n) is 10.3. The molecule has 0 bridgehead atoms. The van der Waals surface area contributed by atoms with Gasteiger partial charge in [0.1, 0.15) is 5.54 Å². The molecule has 0 radical (unpaired) electrons. The molecule has 98 valence electrons. The lowest BCUT2D eigenvalue weighted by atomic mass is 10.00. The zero-order valence-corrected chi connectivity index (χ0v) is 10.3. The van der Waals surface area contributed by atoms with Crippen molar-refractivity contribution in [3.05, 3.63) is 0 Å². The first-order valence-electron chi connectivity index (χ1n) is 5.88. The van der Waals surface area contributed by atoms with Crippen LogP contribution in [-0.2, 0) is 9.53 Å². The van der Waals surface area contributed by atoms with Crippen molar-refractivity contribution in [1.82, 2.24) is 10.6 Å². The summed E-state index contributed by atoms with van der Waals surface area (Å²) in [7, 11) is 0. The Balaban J connectivity index is 2.44. The Morgan fingerprint density at radius 2 is 2.00 bits per heavy atom. The van der Waals surface area contributed by atoms with Crippen LogP contribution in [0.15, 0.2) is 0 Å². The largest absolute Gasteiger partial charge is 0.480 e. The number of carboxylic acids is 1. The number of carboxylic acid groups (broad SMARTS) is 1. The van der Waals surface area contributed by atoms with Crippen molar-refractivity contribution in [2.24, 2.45) is 0 Å². The summed E-state index contributed by atoms with van der Waals surface area (Å²) in [5, 5.41) is 14.3. The van der Waals surface area contributed by atoms with E-state index in [1.54, 1.807) is 6.92 Å². The second-order valence-electron chi connectivity index (χ2n) is 4.48. The zero-order chi connectivity index (χ0) is 12.9. The third kappa shape index (κ3) is 3.89. The summed E-state index contributed by atoms with van der Waals surface area (Å²) in [5.41, 5.74) is -1.21. The van der Waals surface area contributed by atoms with Crippen molar-refractivity contribution in [3.8, 4) is 0 Å². The number of ether oxygens (including phenoxy) is 1. The van der Waals surface area contributed by atoms with Gasteiger partial charge in [0.25, 0.3) is 0 Å². The first kappa shape index (κ1) is 13.8. The van der Waals surface area contributed by atoms with Gasteiger partial charge in [-0.05, 0) is 26.2 Å². The van der Waals surface area contributed by atoms with Crippen LogP contribution in [-0.4, -0.2) is 41.9 Å². The van der Waals surface area contributed by atoms with Crippen molar-refractivity contribution < 1.29 is 19.4 Å². The standard InChI is InChI=1S/C11H20N2O4/c1-3-11(2,9(14)15)13-10(16)12-8-4-6-17-7-5-8/h8H,3-7H2,1-2H3,(H,14,15)(H2,12,13,16). The Labute approximate surface area is 101 Å². The molecule has 0 saturated carbocycles. The van der Waals surface area contributed by atoms with E-state index in [1.807, 2.05) is 0 Å². The third-order valence-electron chi connectivity index (χ3n) is 3.13. The van der Waals surface area contributed by atoms with Gasteiger partial charge in [-0.25, -0.2) is 9.59 Å². The molecule has 1 fully saturated rings.